The number of anilines is 1. The van der Waals surface area contributed by atoms with Crippen LogP contribution in [0.2, 0.25) is 0 Å². The Bertz CT molecular complexity index is 501. The second-order valence-electron chi connectivity index (χ2n) is 4.09. The van der Waals surface area contributed by atoms with Gasteiger partial charge >= 0.3 is 5.69 Å². The van der Waals surface area contributed by atoms with Gasteiger partial charge in [-0.05, 0) is 13.3 Å². The minimum atomic E-state index is -0.303. The normalized spacial score (nSPS) is 16.3. The monoisotopic (exact) mass is 237 g/mol. The third kappa shape index (κ3) is 2.02. The number of aldehydes is 1. The average Bonchev–Trinajstić information content (AvgIpc) is 2.65. The molecule has 6 nitrogen and oxygen atoms in total. The summed E-state index contributed by atoms with van der Waals surface area (Å²) in [7, 11) is 0. The van der Waals surface area contributed by atoms with Gasteiger partial charge in [-0.3, -0.25) is 19.1 Å². The van der Waals surface area contributed by atoms with Gasteiger partial charge in [0.15, 0.2) is 12.1 Å². The molecule has 1 fully saturated rings. The van der Waals surface area contributed by atoms with Crippen LogP contribution in [-0.2, 0) is 11.3 Å². The summed E-state index contributed by atoms with van der Waals surface area (Å²) in [6.45, 7) is 3.19. The highest BCUT2D eigenvalue weighted by molar-refractivity contribution is 5.87. The van der Waals surface area contributed by atoms with E-state index in [2.05, 4.69) is 4.98 Å². The summed E-state index contributed by atoms with van der Waals surface area (Å²) in [6, 6.07) is 0. The van der Waals surface area contributed by atoms with Crippen molar-refractivity contribution in [3.8, 4) is 0 Å². The topological polar surface area (TPSA) is 75.2 Å². The summed E-state index contributed by atoms with van der Waals surface area (Å²) < 4.78 is 1.38. The number of hydrogen-bond acceptors (Lipinski definition) is 4. The minimum Gasteiger partial charge on any atom is -0.349 e. The number of carbonyl (C=O) groups excluding carboxylic acids is 2. The lowest BCUT2D eigenvalue weighted by atomic mass is 10.1. The van der Waals surface area contributed by atoms with Crippen LogP contribution in [0.5, 0.6) is 0 Å². The van der Waals surface area contributed by atoms with E-state index in [0.717, 1.165) is 6.42 Å². The quantitative estimate of drug-likeness (QED) is 0.761. The number of Topliss-reactive ketones (excluding diaryl/α,β-unsaturated/α-hetero) is 1. The first-order valence-corrected chi connectivity index (χ1v) is 5.72. The molecule has 0 aromatic carbocycles. The molecule has 0 spiro atoms. The van der Waals surface area contributed by atoms with Crippen molar-refractivity contribution in [1.29, 1.82) is 0 Å². The summed E-state index contributed by atoms with van der Waals surface area (Å²) in [5.74, 6) is 0.609. The number of hydrogen-bond donors (Lipinski definition) is 1. The SMILES string of the molecule is CCn1c(C=O)c(N2CCCC(=O)C2)[nH]c1=O. The number of nitrogens with one attached hydrogen (secondary N) is 1. The van der Waals surface area contributed by atoms with Crippen LogP contribution >= 0.6 is 0 Å². The molecule has 1 N–H and O–H groups in total. The number of imidazole rings is 1. The second-order valence-corrected chi connectivity index (χ2v) is 4.09. The van der Waals surface area contributed by atoms with Gasteiger partial charge in [0, 0.05) is 19.5 Å². The van der Waals surface area contributed by atoms with Crippen molar-refractivity contribution >= 4 is 17.9 Å². The maximum absolute atomic E-state index is 11.6. The smallest absolute Gasteiger partial charge is 0.327 e. The molecular weight excluding hydrogens is 222 g/mol. The van der Waals surface area contributed by atoms with Gasteiger partial charge in [-0.1, -0.05) is 0 Å². The van der Waals surface area contributed by atoms with Gasteiger partial charge < -0.3 is 4.90 Å². The minimum absolute atomic E-state index is 0.137. The zero-order valence-corrected chi connectivity index (χ0v) is 9.73. The summed E-state index contributed by atoms with van der Waals surface area (Å²) >= 11 is 0. The van der Waals surface area contributed by atoms with Gasteiger partial charge in [-0.15, -0.1) is 0 Å². The predicted molar refractivity (Wildman–Crippen MR) is 62.6 cm³/mol. The summed E-state index contributed by atoms with van der Waals surface area (Å²) in [6.07, 6.45) is 2.00. The Morgan fingerprint density at radius 2 is 2.18 bits per heavy atom. The second kappa shape index (κ2) is 4.57. The zero-order valence-electron chi connectivity index (χ0n) is 9.73. The molecule has 1 aromatic rings. The first-order chi connectivity index (χ1) is 8.17. The van der Waals surface area contributed by atoms with Crippen LogP contribution in [0.15, 0.2) is 4.79 Å². The van der Waals surface area contributed by atoms with E-state index in [9.17, 15) is 14.4 Å². The molecule has 1 saturated heterocycles. The van der Waals surface area contributed by atoms with E-state index >= 15 is 0 Å². The zero-order chi connectivity index (χ0) is 12.4. The number of aromatic amines is 1. The van der Waals surface area contributed by atoms with Crippen LogP contribution in [-0.4, -0.2) is 34.7 Å². The molecule has 0 saturated carbocycles. The van der Waals surface area contributed by atoms with Crippen LogP contribution in [0.25, 0.3) is 0 Å². The van der Waals surface area contributed by atoms with Crippen LogP contribution in [0.4, 0.5) is 5.82 Å². The van der Waals surface area contributed by atoms with Gasteiger partial charge in [-0.25, -0.2) is 4.79 Å². The van der Waals surface area contributed by atoms with Crippen molar-refractivity contribution in [1.82, 2.24) is 9.55 Å². The molecule has 0 bridgehead atoms. The molecule has 2 rings (SSSR count). The molecule has 0 aliphatic carbocycles. The first kappa shape index (κ1) is 11.6. The van der Waals surface area contributed by atoms with E-state index in [0.29, 0.717) is 37.3 Å². The Kier molecular flexibility index (Phi) is 3.12. The van der Waals surface area contributed by atoms with Gasteiger partial charge in [0.2, 0.25) is 0 Å². The maximum atomic E-state index is 11.6. The van der Waals surface area contributed by atoms with E-state index in [1.165, 1.54) is 4.57 Å². The molecule has 0 radical (unpaired) electrons. The maximum Gasteiger partial charge on any atom is 0.327 e. The fourth-order valence-corrected chi connectivity index (χ4v) is 2.17. The number of nitrogens with zero attached hydrogens (tertiary/aromatic N) is 2. The number of ketones is 1. The van der Waals surface area contributed by atoms with Gasteiger partial charge in [0.05, 0.1) is 6.54 Å². The number of aromatic nitrogens is 2. The van der Waals surface area contributed by atoms with Gasteiger partial charge in [0.25, 0.3) is 0 Å². The van der Waals surface area contributed by atoms with Crippen LogP contribution in [0.3, 0.4) is 0 Å². The number of carbonyl (C=O) groups is 2. The van der Waals surface area contributed by atoms with Crippen molar-refractivity contribution < 1.29 is 9.59 Å². The van der Waals surface area contributed by atoms with Crippen molar-refractivity contribution in [2.75, 3.05) is 18.0 Å². The van der Waals surface area contributed by atoms with Gasteiger partial charge in [-0.2, -0.15) is 0 Å². The highest BCUT2D eigenvalue weighted by Gasteiger charge is 2.23. The highest BCUT2D eigenvalue weighted by atomic mass is 16.2. The van der Waals surface area contributed by atoms with E-state index in [1.54, 1.807) is 11.8 Å². The molecule has 0 unspecified atom stereocenters. The van der Waals surface area contributed by atoms with Crippen molar-refractivity contribution in [3.05, 3.63) is 16.2 Å². The van der Waals surface area contributed by atoms with Gasteiger partial charge in [0.1, 0.15) is 11.5 Å². The van der Waals surface area contributed by atoms with E-state index in [1.807, 2.05) is 0 Å². The third-order valence-corrected chi connectivity index (χ3v) is 3.00. The van der Waals surface area contributed by atoms with Crippen molar-refractivity contribution in [2.45, 2.75) is 26.3 Å². The summed E-state index contributed by atoms with van der Waals surface area (Å²) in [5.41, 5.74) is 0.0230. The Hall–Kier alpha value is -1.85. The lowest BCUT2D eigenvalue weighted by molar-refractivity contribution is -0.118. The Morgan fingerprint density at radius 1 is 1.41 bits per heavy atom. The molecule has 0 amide bonds. The van der Waals surface area contributed by atoms with Crippen LogP contribution in [0, 0.1) is 0 Å². The summed E-state index contributed by atoms with van der Waals surface area (Å²) in [4.78, 5) is 38.5. The number of piperidine rings is 1. The molecule has 1 aliphatic heterocycles. The fraction of sp³-hybridized carbons (Fsp3) is 0.545. The molecular formula is C11H15N3O3. The molecule has 1 aliphatic rings. The van der Waals surface area contributed by atoms with Crippen LogP contribution < -0.4 is 10.6 Å². The Labute approximate surface area is 98.2 Å². The van der Waals surface area contributed by atoms with E-state index < -0.39 is 0 Å². The van der Waals surface area contributed by atoms with Crippen molar-refractivity contribution in [2.24, 2.45) is 0 Å². The summed E-state index contributed by atoms with van der Waals surface area (Å²) in [5, 5.41) is 0. The fourth-order valence-electron chi connectivity index (χ4n) is 2.17. The highest BCUT2D eigenvalue weighted by Crippen LogP contribution is 2.18. The predicted octanol–water partition coefficient (Wildman–Crippen LogP) is 0.178. The third-order valence-electron chi connectivity index (χ3n) is 3.00. The lowest BCUT2D eigenvalue weighted by Crippen LogP contribution is -2.36. The van der Waals surface area contributed by atoms with Crippen molar-refractivity contribution in [3.63, 3.8) is 0 Å². The first-order valence-electron chi connectivity index (χ1n) is 5.72. The molecule has 0 atom stereocenters. The Balaban J connectivity index is 2.41. The molecule has 2 heterocycles. The molecule has 92 valence electrons. The number of H-pyrrole nitrogens is 1. The van der Waals surface area contributed by atoms with E-state index in [-0.39, 0.29) is 18.0 Å². The number of rotatable bonds is 3. The van der Waals surface area contributed by atoms with E-state index in [4.69, 9.17) is 0 Å². The van der Waals surface area contributed by atoms with Crippen LogP contribution in [0.1, 0.15) is 30.3 Å². The Morgan fingerprint density at radius 3 is 2.76 bits per heavy atom. The molecule has 17 heavy (non-hydrogen) atoms. The standard InChI is InChI=1S/C11H15N3O3/c1-2-14-9(7-15)10(12-11(14)17)13-5-3-4-8(16)6-13/h7H,2-6H2,1H3,(H,12,17). The largest absolute Gasteiger partial charge is 0.349 e. The average molecular weight is 237 g/mol. The molecule has 6 heteroatoms. The lowest BCUT2D eigenvalue weighted by Gasteiger charge is -2.26. The molecule has 1 aromatic heterocycles.